The van der Waals surface area contributed by atoms with Gasteiger partial charge in [0.05, 0.1) is 18.5 Å². The lowest BCUT2D eigenvalue weighted by Crippen LogP contribution is -2.63. The third-order valence-electron chi connectivity index (χ3n) is 10.7. The van der Waals surface area contributed by atoms with E-state index in [0.717, 1.165) is 35.2 Å². The normalized spacial score (nSPS) is 41.0. The van der Waals surface area contributed by atoms with Gasteiger partial charge in [-0.25, -0.2) is 0 Å². The van der Waals surface area contributed by atoms with Crippen molar-refractivity contribution in [3.05, 3.63) is 36.4 Å². The van der Waals surface area contributed by atoms with Crippen molar-refractivity contribution >= 4 is 36.1 Å². The lowest BCUT2D eigenvalue weighted by atomic mass is 9.44. The van der Waals surface area contributed by atoms with Crippen LogP contribution in [0.25, 0.3) is 0 Å². The first-order chi connectivity index (χ1) is 17.5. The predicted molar refractivity (Wildman–Crippen MR) is 144 cm³/mol. The molecule has 3 aliphatic carbocycles. The van der Waals surface area contributed by atoms with Crippen LogP contribution in [-0.2, 0) is 25.6 Å². The van der Waals surface area contributed by atoms with Crippen molar-refractivity contribution in [2.75, 3.05) is 5.75 Å². The van der Waals surface area contributed by atoms with Crippen LogP contribution in [0.1, 0.15) is 65.4 Å². The minimum Gasteiger partial charge on any atom is -0.461 e. The van der Waals surface area contributed by atoms with Crippen LogP contribution in [0.15, 0.2) is 35.7 Å². The molecule has 1 aromatic carbocycles. The minimum absolute atomic E-state index is 0.0508. The third-order valence-corrected chi connectivity index (χ3v) is 11.7. The van der Waals surface area contributed by atoms with Gasteiger partial charge in [-0.1, -0.05) is 39.8 Å². The molecule has 0 aromatic heterocycles. The summed E-state index contributed by atoms with van der Waals surface area (Å²) in [4.78, 5) is 27.7. The fourth-order valence-electron chi connectivity index (χ4n) is 8.12. The Labute approximate surface area is 224 Å². The van der Waals surface area contributed by atoms with E-state index in [2.05, 4.69) is 27.4 Å². The van der Waals surface area contributed by atoms with Crippen molar-refractivity contribution in [3.63, 3.8) is 0 Å². The SMILES string of the molecule is C=C[C@]1(C)C[C@@H](OC(=O)CSc2ccc3c(c2)B(O)OC3)[C@]2(C)[C@H](C)CC[C@]3(CCC(=O)[C@H]32)[C@@H](C)[C@@H]1O. The van der Waals surface area contributed by atoms with Crippen molar-refractivity contribution in [1.82, 2.24) is 0 Å². The molecule has 1 heterocycles. The van der Waals surface area contributed by atoms with E-state index in [4.69, 9.17) is 9.39 Å². The summed E-state index contributed by atoms with van der Waals surface area (Å²) in [6.07, 6.45) is 4.24. The van der Waals surface area contributed by atoms with Crippen LogP contribution in [-0.4, -0.2) is 47.0 Å². The maximum Gasteiger partial charge on any atom is 0.491 e. The van der Waals surface area contributed by atoms with Gasteiger partial charge in [-0.3, -0.25) is 9.59 Å². The Bertz CT molecular complexity index is 1110. The Morgan fingerprint density at radius 3 is 2.81 bits per heavy atom. The second-order valence-corrected chi connectivity index (χ2v) is 13.4. The molecular weight excluding hydrogens is 487 g/mol. The molecule has 2 bridgehead atoms. The number of benzene rings is 1. The fourth-order valence-corrected chi connectivity index (χ4v) is 8.85. The van der Waals surface area contributed by atoms with E-state index in [1.54, 1.807) is 0 Å². The summed E-state index contributed by atoms with van der Waals surface area (Å²) in [5.41, 5.74) is 0.252. The molecule has 6 nitrogen and oxygen atoms in total. The second-order valence-electron chi connectivity index (χ2n) is 12.4. The van der Waals surface area contributed by atoms with Gasteiger partial charge in [0.2, 0.25) is 0 Å². The van der Waals surface area contributed by atoms with Crippen LogP contribution in [0.5, 0.6) is 0 Å². The lowest BCUT2D eigenvalue weighted by Gasteiger charge is -2.61. The number of thioether (sulfide) groups is 1. The molecule has 0 unspecified atom stereocenters. The minimum atomic E-state index is -0.931. The smallest absolute Gasteiger partial charge is 0.461 e. The summed E-state index contributed by atoms with van der Waals surface area (Å²) < 4.78 is 11.6. The highest BCUT2D eigenvalue weighted by atomic mass is 32.2. The maximum atomic E-state index is 13.5. The van der Waals surface area contributed by atoms with Gasteiger partial charge in [0, 0.05) is 28.1 Å². The number of fused-ring (bicyclic) bond motifs is 1. The number of aliphatic hydroxyl groups is 1. The first kappa shape index (κ1) is 27.0. The summed E-state index contributed by atoms with van der Waals surface area (Å²) in [7, 11) is -0.931. The first-order valence-corrected chi connectivity index (χ1v) is 14.5. The number of ketones is 1. The van der Waals surface area contributed by atoms with Crippen LogP contribution in [0.4, 0.5) is 0 Å². The molecule has 0 saturated heterocycles. The predicted octanol–water partition coefficient (Wildman–Crippen LogP) is 3.90. The zero-order valence-electron chi connectivity index (χ0n) is 22.4. The second kappa shape index (κ2) is 9.54. The summed E-state index contributed by atoms with van der Waals surface area (Å²) in [6.45, 7) is 12.9. The van der Waals surface area contributed by atoms with Crippen molar-refractivity contribution in [3.8, 4) is 0 Å². The number of aliphatic hydroxyl groups excluding tert-OH is 1. The van der Waals surface area contributed by atoms with Gasteiger partial charge in [0.15, 0.2) is 0 Å². The molecule has 3 fully saturated rings. The van der Waals surface area contributed by atoms with E-state index in [-0.39, 0.29) is 40.7 Å². The highest BCUT2D eigenvalue weighted by molar-refractivity contribution is 8.00. The molecular formula is C29H39BO6S. The number of hydrogen-bond donors (Lipinski definition) is 2. The lowest BCUT2D eigenvalue weighted by molar-refractivity contribution is -0.205. The van der Waals surface area contributed by atoms with Gasteiger partial charge in [0.1, 0.15) is 11.9 Å². The molecule has 1 aromatic rings. The average molecular weight is 527 g/mol. The van der Waals surface area contributed by atoms with Crippen molar-refractivity contribution in [2.45, 2.75) is 83.5 Å². The zero-order chi connectivity index (χ0) is 26.8. The van der Waals surface area contributed by atoms with Gasteiger partial charge in [-0.05, 0) is 66.1 Å². The molecule has 3 saturated carbocycles. The summed E-state index contributed by atoms with van der Waals surface area (Å²) in [6, 6.07) is 5.71. The summed E-state index contributed by atoms with van der Waals surface area (Å²) in [5.74, 6) is -0.0459. The summed E-state index contributed by atoms with van der Waals surface area (Å²) in [5, 5.41) is 21.7. The Balaban J connectivity index is 1.43. The van der Waals surface area contributed by atoms with Crippen LogP contribution in [0, 0.1) is 34.0 Å². The molecule has 1 aliphatic heterocycles. The first-order valence-electron chi connectivity index (χ1n) is 13.6. The van der Waals surface area contributed by atoms with Gasteiger partial charge in [0.25, 0.3) is 0 Å². The molecule has 8 heteroatoms. The highest BCUT2D eigenvalue weighted by Crippen LogP contribution is 2.68. The van der Waals surface area contributed by atoms with Crippen molar-refractivity contribution in [2.24, 2.45) is 34.0 Å². The van der Waals surface area contributed by atoms with Crippen LogP contribution in [0.2, 0.25) is 0 Å². The number of carbonyl (C=O) groups is 2. The van der Waals surface area contributed by atoms with E-state index in [9.17, 15) is 19.7 Å². The zero-order valence-corrected chi connectivity index (χ0v) is 23.2. The Kier molecular flexibility index (Phi) is 6.96. The number of hydrogen-bond acceptors (Lipinski definition) is 7. The topological polar surface area (TPSA) is 93.1 Å². The molecule has 200 valence electrons. The van der Waals surface area contributed by atoms with Crippen LogP contribution >= 0.6 is 11.8 Å². The fraction of sp³-hybridized carbons (Fsp3) is 0.655. The quantitative estimate of drug-likeness (QED) is 0.260. The van der Waals surface area contributed by atoms with Gasteiger partial charge in [-0.2, -0.15) is 0 Å². The Hall–Kier alpha value is -1.61. The number of ether oxygens (including phenoxy) is 1. The van der Waals surface area contributed by atoms with Gasteiger partial charge < -0.3 is 19.5 Å². The van der Waals surface area contributed by atoms with Gasteiger partial charge in [-0.15, -0.1) is 18.3 Å². The average Bonchev–Trinajstić information content (AvgIpc) is 3.43. The van der Waals surface area contributed by atoms with Crippen LogP contribution < -0.4 is 5.46 Å². The molecule has 8 atom stereocenters. The van der Waals surface area contributed by atoms with Crippen molar-refractivity contribution in [1.29, 1.82) is 0 Å². The third kappa shape index (κ3) is 4.14. The van der Waals surface area contributed by atoms with E-state index in [0.29, 0.717) is 19.4 Å². The highest BCUT2D eigenvalue weighted by Gasteiger charge is 2.68. The molecule has 2 N–H and O–H groups in total. The largest absolute Gasteiger partial charge is 0.491 e. The Morgan fingerprint density at radius 1 is 1.32 bits per heavy atom. The maximum absolute atomic E-state index is 13.5. The number of rotatable bonds is 5. The van der Waals surface area contributed by atoms with E-state index in [1.807, 2.05) is 31.2 Å². The van der Waals surface area contributed by atoms with E-state index in [1.165, 1.54) is 11.8 Å². The molecule has 4 aliphatic rings. The van der Waals surface area contributed by atoms with E-state index < -0.39 is 30.2 Å². The number of carbonyl (C=O) groups excluding carboxylic acids is 2. The summed E-state index contributed by atoms with van der Waals surface area (Å²) >= 11 is 1.37. The number of esters is 1. The molecule has 5 rings (SSSR count). The van der Waals surface area contributed by atoms with E-state index >= 15 is 0 Å². The Morgan fingerprint density at radius 2 is 2.08 bits per heavy atom. The molecule has 0 radical (unpaired) electrons. The monoisotopic (exact) mass is 526 g/mol. The standard InChI is InChI=1S/C29H39BO6S/c1-6-27(4)14-23(36-24(32)16-37-20-8-7-19-15-35-30(34)21(19)13-20)28(5)17(2)9-11-29(18(3)26(27)33)12-10-22(31)25(28)29/h6-8,13,17-18,23,25-26,33-34H,1,9-12,14-16H2,2-5H3/t17-,18+,23-,25+,26+,27-,28+,29+/m1/s1. The van der Waals surface area contributed by atoms with Crippen LogP contribution in [0.3, 0.4) is 0 Å². The van der Waals surface area contributed by atoms with Gasteiger partial charge >= 0.3 is 13.1 Å². The number of Topliss-reactive ketones (excluding diaryl/α,β-unsaturated/α-hetero) is 1. The molecule has 37 heavy (non-hydrogen) atoms. The van der Waals surface area contributed by atoms with Crippen molar-refractivity contribution < 1.29 is 29.1 Å². The molecule has 0 spiro atoms. The molecule has 0 amide bonds.